The second kappa shape index (κ2) is 4.27. The first kappa shape index (κ1) is 11.8. The molecule has 7 heteroatoms. The van der Waals surface area contributed by atoms with Gasteiger partial charge in [0.15, 0.2) is 6.10 Å². The second-order valence-electron chi connectivity index (χ2n) is 3.31. The predicted molar refractivity (Wildman–Crippen MR) is 58.8 cm³/mol. The molecule has 0 aromatic rings. The minimum atomic E-state index is -0.585. The van der Waals surface area contributed by atoms with E-state index in [1.165, 1.54) is 30.9 Å². The van der Waals surface area contributed by atoms with Crippen molar-refractivity contribution >= 4 is 35.2 Å². The molecule has 2 aliphatic heterocycles. The summed E-state index contributed by atoms with van der Waals surface area (Å²) in [6, 6.07) is 0. The smallest absolute Gasteiger partial charge is 0.356 e. The number of nitrogens with zero attached hydrogens (tertiary/aromatic N) is 1. The van der Waals surface area contributed by atoms with Gasteiger partial charge in [-0.05, 0) is 0 Å². The molecule has 0 aromatic heterocycles. The van der Waals surface area contributed by atoms with Crippen LogP contribution in [0.1, 0.15) is 0 Å². The number of carbonyl (C=O) groups excluding carboxylic acids is 2. The lowest BCUT2D eigenvalue weighted by molar-refractivity contribution is -0.162. The van der Waals surface area contributed by atoms with Crippen molar-refractivity contribution in [2.75, 3.05) is 20.0 Å². The summed E-state index contributed by atoms with van der Waals surface area (Å²) in [7, 11) is 2.73. The lowest BCUT2D eigenvalue weighted by Gasteiger charge is -2.48. The van der Waals surface area contributed by atoms with Crippen molar-refractivity contribution in [3.63, 3.8) is 0 Å². The third-order valence-corrected chi connectivity index (χ3v) is 4.23. The van der Waals surface area contributed by atoms with Crippen LogP contribution >= 0.6 is 23.4 Å². The molecule has 2 heterocycles. The molecule has 0 saturated carbocycles. The Kier molecular flexibility index (Phi) is 3.14. The van der Waals surface area contributed by atoms with E-state index in [0.29, 0.717) is 10.8 Å². The monoisotopic (exact) mass is 263 g/mol. The molecule has 0 N–H and O–H groups in total. The highest BCUT2D eigenvalue weighted by Gasteiger charge is 2.54. The van der Waals surface area contributed by atoms with E-state index < -0.39 is 12.1 Å². The third-order valence-electron chi connectivity index (χ3n) is 2.51. The zero-order chi connectivity index (χ0) is 11.9. The molecule has 0 aliphatic carbocycles. The Hall–Kier alpha value is -0.720. The summed E-state index contributed by atoms with van der Waals surface area (Å²) in [5, 5.41) is 0.171. The average molecular weight is 264 g/mol. The molecule has 5 nitrogen and oxygen atoms in total. The normalized spacial score (nSPS) is 28.7. The number of ether oxygens (including phenoxy) is 2. The van der Waals surface area contributed by atoms with Gasteiger partial charge in [0.05, 0.1) is 12.1 Å². The number of fused-ring (bicyclic) bond motifs is 1. The highest BCUT2D eigenvalue weighted by atomic mass is 35.5. The first-order chi connectivity index (χ1) is 7.61. The van der Waals surface area contributed by atoms with Gasteiger partial charge in [0.1, 0.15) is 11.1 Å². The van der Waals surface area contributed by atoms with Gasteiger partial charge in [-0.2, -0.15) is 0 Å². The molecular formula is C9H10ClNO4S. The van der Waals surface area contributed by atoms with Gasteiger partial charge < -0.3 is 9.47 Å². The Labute approximate surface area is 102 Å². The van der Waals surface area contributed by atoms with Gasteiger partial charge in [-0.25, -0.2) is 4.79 Å². The molecule has 1 saturated heterocycles. The molecule has 0 radical (unpaired) electrons. The molecule has 16 heavy (non-hydrogen) atoms. The van der Waals surface area contributed by atoms with Crippen LogP contribution in [-0.4, -0.2) is 48.2 Å². The van der Waals surface area contributed by atoms with Crippen molar-refractivity contribution < 1.29 is 19.1 Å². The first-order valence-electron chi connectivity index (χ1n) is 4.56. The van der Waals surface area contributed by atoms with E-state index >= 15 is 0 Å². The molecule has 1 fully saturated rings. The number of halogens is 1. The molecule has 2 rings (SSSR count). The highest BCUT2D eigenvalue weighted by molar-refractivity contribution is 8.00. The van der Waals surface area contributed by atoms with Gasteiger partial charge >= 0.3 is 5.97 Å². The zero-order valence-corrected chi connectivity index (χ0v) is 10.3. The molecule has 0 aromatic carbocycles. The predicted octanol–water partition coefficient (Wildman–Crippen LogP) is 0.540. The van der Waals surface area contributed by atoms with Crippen LogP contribution in [0.15, 0.2) is 10.7 Å². The molecule has 1 amide bonds. The van der Waals surface area contributed by atoms with E-state index in [9.17, 15) is 9.59 Å². The minimum Gasteiger partial charge on any atom is -0.464 e. The van der Waals surface area contributed by atoms with Gasteiger partial charge in [-0.15, -0.1) is 11.8 Å². The quantitative estimate of drug-likeness (QED) is 0.538. The van der Waals surface area contributed by atoms with E-state index in [0.717, 1.165) is 0 Å². The van der Waals surface area contributed by atoms with E-state index in [2.05, 4.69) is 4.74 Å². The number of amides is 1. The standard InChI is InChI=1S/C9H10ClNO4S/c1-14-6-7(12)11-5(9(13)15-2)4(10)3-16-8(6)11/h6,8H,3H2,1-2H3/t6-,8?/m0/s1. The Bertz CT molecular complexity index is 384. The maximum atomic E-state index is 11.7. The van der Waals surface area contributed by atoms with Crippen LogP contribution in [0, 0.1) is 0 Å². The van der Waals surface area contributed by atoms with Gasteiger partial charge in [-0.3, -0.25) is 9.69 Å². The third kappa shape index (κ3) is 1.52. The summed E-state index contributed by atoms with van der Waals surface area (Å²) >= 11 is 7.40. The maximum absolute atomic E-state index is 11.7. The Balaban J connectivity index is 2.30. The van der Waals surface area contributed by atoms with Crippen molar-refractivity contribution in [2.24, 2.45) is 0 Å². The number of rotatable bonds is 2. The molecule has 88 valence electrons. The summed E-state index contributed by atoms with van der Waals surface area (Å²) in [6.45, 7) is 0. The van der Waals surface area contributed by atoms with Crippen LogP contribution in [0.25, 0.3) is 0 Å². The van der Waals surface area contributed by atoms with Crippen LogP contribution in [0.5, 0.6) is 0 Å². The Morgan fingerprint density at radius 1 is 1.56 bits per heavy atom. The van der Waals surface area contributed by atoms with Crippen LogP contribution < -0.4 is 0 Å². The van der Waals surface area contributed by atoms with Crippen molar-refractivity contribution in [3.05, 3.63) is 10.7 Å². The molecule has 2 atom stereocenters. The first-order valence-corrected chi connectivity index (χ1v) is 5.99. The Morgan fingerprint density at radius 2 is 2.25 bits per heavy atom. The topological polar surface area (TPSA) is 55.8 Å². The SMILES string of the molecule is COC(=O)C1=C(Cl)CSC2[C@@H](OC)C(=O)N12. The van der Waals surface area contributed by atoms with E-state index in [4.69, 9.17) is 16.3 Å². The van der Waals surface area contributed by atoms with Gasteiger partial charge in [0, 0.05) is 12.9 Å². The molecule has 2 aliphatic rings. The second-order valence-corrected chi connectivity index (χ2v) is 4.87. The summed E-state index contributed by atoms with van der Waals surface area (Å²) in [5.74, 6) is -0.350. The number of esters is 1. The van der Waals surface area contributed by atoms with Crippen LogP contribution in [0.3, 0.4) is 0 Å². The number of carbonyl (C=O) groups is 2. The molecule has 0 spiro atoms. The lowest BCUT2D eigenvalue weighted by Crippen LogP contribution is -2.65. The largest absolute Gasteiger partial charge is 0.464 e. The van der Waals surface area contributed by atoms with E-state index in [1.54, 1.807) is 0 Å². The summed E-state index contributed by atoms with van der Waals surface area (Å²) in [5.41, 5.74) is 0.145. The fraction of sp³-hybridized carbons (Fsp3) is 0.556. The molecule has 0 bridgehead atoms. The number of β-lactam (4-membered cyclic amide) rings is 1. The number of hydrogen-bond donors (Lipinski definition) is 0. The van der Waals surface area contributed by atoms with E-state index in [-0.39, 0.29) is 17.0 Å². The van der Waals surface area contributed by atoms with Gasteiger partial charge in [-0.1, -0.05) is 11.6 Å². The zero-order valence-electron chi connectivity index (χ0n) is 8.73. The Morgan fingerprint density at radius 3 is 2.81 bits per heavy atom. The van der Waals surface area contributed by atoms with Crippen LogP contribution in [-0.2, 0) is 19.1 Å². The van der Waals surface area contributed by atoms with Crippen molar-refractivity contribution in [1.82, 2.24) is 4.90 Å². The highest BCUT2D eigenvalue weighted by Crippen LogP contribution is 2.42. The summed E-state index contributed by atoms with van der Waals surface area (Å²) in [6.07, 6.45) is -0.491. The molecule has 1 unspecified atom stereocenters. The van der Waals surface area contributed by atoms with E-state index in [1.807, 2.05) is 0 Å². The minimum absolute atomic E-state index is 0.145. The average Bonchev–Trinajstić information content (AvgIpc) is 2.29. The number of hydrogen-bond acceptors (Lipinski definition) is 5. The van der Waals surface area contributed by atoms with Gasteiger partial charge in [0.25, 0.3) is 5.91 Å². The van der Waals surface area contributed by atoms with Crippen molar-refractivity contribution in [1.29, 1.82) is 0 Å². The summed E-state index contributed by atoms with van der Waals surface area (Å²) in [4.78, 5) is 24.5. The fourth-order valence-electron chi connectivity index (χ4n) is 1.72. The maximum Gasteiger partial charge on any atom is 0.356 e. The van der Waals surface area contributed by atoms with Gasteiger partial charge in [0.2, 0.25) is 0 Å². The summed E-state index contributed by atoms with van der Waals surface area (Å²) < 4.78 is 9.64. The number of methoxy groups -OCH3 is 2. The van der Waals surface area contributed by atoms with Crippen LogP contribution in [0.4, 0.5) is 0 Å². The van der Waals surface area contributed by atoms with Crippen LogP contribution in [0.2, 0.25) is 0 Å². The number of thioether (sulfide) groups is 1. The molecular weight excluding hydrogens is 254 g/mol. The van der Waals surface area contributed by atoms with Crippen molar-refractivity contribution in [2.45, 2.75) is 11.5 Å². The van der Waals surface area contributed by atoms with Crippen molar-refractivity contribution in [3.8, 4) is 0 Å². The fourth-order valence-corrected chi connectivity index (χ4v) is 3.29. The lowest BCUT2D eigenvalue weighted by atomic mass is 10.1.